The number of carbonyl (C=O) groups is 1. The summed E-state index contributed by atoms with van der Waals surface area (Å²) in [5.41, 5.74) is -0.415. The normalized spacial score (nSPS) is 31.4. The van der Waals surface area contributed by atoms with Gasteiger partial charge in [0.05, 0.1) is 0 Å². The third-order valence-electron chi connectivity index (χ3n) is 3.55. The zero-order valence-electron chi connectivity index (χ0n) is 12.2. The molecule has 3 unspecified atom stereocenters. The van der Waals surface area contributed by atoms with Crippen molar-refractivity contribution in [3.05, 3.63) is 0 Å². The van der Waals surface area contributed by atoms with Crippen LogP contribution in [0.25, 0.3) is 0 Å². The standard InChI is InChI=1S/C14H26N2O2S/c1-14(2,3)18-13(17)16-11-5-4-10(8-11)15-12-6-7-19-9-12/h10-12,15H,4-9H2,1-3H3,(H,16,17). The van der Waals surface area contributed by atoms with Gasteiger partial charge in [-0.25, -0.2) is 4.79 Å². The first-order chi connectivity index (χ1) is 8.92. The molecule has 0 aromatic heterocycles. The Kier molecular flexibility index (Phi) is 5.01. The Labute approximate surface area is 120 Å². The van der Waals surface area contributed by atoms with E-state index in [1.54, 1.807) is 0 Å². The average Bonchev–Trinajstić information content (AvgIpc) is 2.88. The summed E-state index contributed by atoms with van der Waals surface area (Å²) in [6, 6.07) is 1.50. The lowest BCUT2D eigenvalue weighted by atomic mass is 10.2. The van der Waals surface area contributed by atoms with Crippen molar-refractivity contribution in [1.82, 2.24) is 10.6 Å². The van der Waals surface area contributed by atoms with Crippen LogP contribution in [0.15, 0.2) is 0 Å². The summed E-state index contributed by atoms with van der Waals surface area (Å²) >= 11 is 2.03. The third kappa shape index (κ3) is 5.22. The van der Waals surface area contributed by atoms with E-state index in [1.165, 1.54) is 17.9 Å². The molecule has 0 aromatic rings. The summed E-state index contributed by atoms with van der Waals surface area (Å²) in [4.78, 5) is 11.7. The SMILES string of the molecule is CC(C)(C)OC(=O)NC1CCC(NC2CCSC2)C1. The Morgan fingerprint density at radius 2 is 1.89 bits per heavy atom. The first-order valence-corrected chi connectivity index (χ1v) is 8.41. The molecular weight excluding hydrogens is 260 g/mol. The van der Waals surface area contributed by atoms with Gasteiger partial charge < -0.3 is 15.4 Å². The Hall–Kier alpha value is -0.420. The van der Waals surface area contributed by atoms with Crippen LogP contribution in [0, 0.1) is 0 Å². The predicted octanol–water partition coefficient (Wildman–Crippen LogP) is 2.53. The van der Waals surface area contributed by atoms with Gasteiger partial charge >= 0.3 is 6.09 Å². The zero-order chi connectivity index (χ0) is 13.9. The highest BCUT2D eigenvalue weighted by Gasteiger charge is 2.29. The van der Waals surface area contributed by atoms with E-state index in [0.717, 1.165) is 19.3 Å². The molecule has 2 rings (SSSR count). The maximum absolute atomic E-state index is 11.7. The van der Waals surface area contributed by atoms with Crippen molar-refractivity contribution in [3.63, 3.8) is 0 Å². The van der Waals surface area contributed by atoms with E-state index >= 15 is 0 Å². The molecule has 3 atom stereocenters. The average molecular weight is 286 g/mol. The molecule has 19 heavy (non-hydrogen) atoms. The number of alkyl carbamates (subject to hydrolysis) is 1. The van der Waals surface area contributed by atoms with Crippen molar-refractivity contribution < 1.29 is 9.53 Å². The highest BCUT2D eigenvalue weighted by molar-refractivity contribution is 7.99. The second-order valence-electron chi connectivity index (χ2n) is 6.58. The maximum atomic E-state index is 11.7. The van der Waals surface area contributed by atoms with E-state index in [1.807, 2.05) is 32.5 Å². The minimum Gasteiger partial charge on any atom is -0.444 e. The number of amides is 1. The fourth-order valence-electron chi connectivity index (χ4n) is 2.74. The van der Waals surface area contributed by atoms with Gasteiger partial charge in [0.15, 0.2) is 0 Å². The molecule has 1 amide bonds. The van der Waals surface area contributed by atoms with Gasteiger partial charge in [-0.2, -0.15) is 11.8 Å². The molecule has 2 N–H and O–H groups in total. The van der Waals surface area contributed by atoms with Gasteiger partial charge in [0, 0.05) is 23.9 Å². The maximum Gasteiger partial charge on any atom is 0.407 e. The minimum atomic E-state index is -0.415. The lowest BCUT2D eigenvalue weighted by molar-refractivity contribution is 0.0505. The second kappa shape index (κ2) is 6.35. The van der Waals surface area contributed by atoms with E-state index in [-0.39, 0.29) is 12.1 Å². The highest BCUT2D eigenvalue weighted by Crippen LogP contribution is 2.24. The molecule has 5 heteroatoms. The number of thioether (sulfide) groups is 1. The van der Waals surface area contributed by atoms with Crippen LogP contribution in [0.3, 0.4) is 0 Å². The predicted molar refractivity (Wildman–Crippen MR) is 79.7 cm³/mol. The number of nitrogens with one attached hydrogen (secondary N) is 2. The van der Waals surface area contributed by atoms with Gasteiger partial charge in [-0.1, -0.05) is 0 Å². The second-order valence-corrected chi connectivity index (χ2v) is 7.73. The largest absolute Gasteiger partial charge is 0.444 e. The van der Waals surface area contributed by atoms with Crippen molar-refractivity contribution in [3.8, 4) is 0 Å². The van der Waals surface area contributed by atoms with Gasteiger partial charge in [-0.3, -0.25) is 0 Å². The smallest absolute Gasteiger partial charge is 0.407 e. The van der Waals surface area contributed by atoms with Gasteiger partial charge in [0.1, 0.15) is 5.60 Å². The van der Waals surface area contributed by atoms with Crippen LogP contribution in [0.4, 0.5) is 4.79 Å². The highest BCUT2D eigenvalue weighted by atomic mass is 32.2. The molecule has 4 nitrogen and oxygen atoms in total. The molecule has 1 aliphatic carbocycles. The fourth-order valence-corrected chi connectivity index (χ4v) is 3.90. The van der Waals surface area contributed by atoms with Crippen molar-refractivity contribution in [2.75, 3.05) is 11.5 Å². The zero-order valence-corrected chi connectivity index (χ0v) is 13.0. The van der Waals surface area contributed by atoms with Crippen LogP contribution >= 0.6 is 11.8 Å². The molecule has 2 fully saturated rings. The molecular formula is C14H26N2O2S. The number of carbonyl (C=O) groups excluding carboxylic acids is 1. The van der Waals surface area contributed by atoms with E-state index in [4.69, 9.17) is 4.74 Å². The Bertz CT molecular complexity index is 311. The molecule has 1 aliphatic heterocycles. The van der Waals surface area contributed by atoms with Crippen LogP contribution in [0.1, 0.15) is 46.5 Å². The molecule has 2 aliphatic rings. The lowest BCUT2D eigenvalue weighted by Gasteiger charge is -2.22. The van der Waals surface area contributed by atoms with Crippen LogP contribution in [0.2, 0.25) is 0 Å². The van der Waals surface area contributed by atoms with Crippen molar-refractivity contribution >= 4 is 17.9 Å². The number of ether oxygens (including phenoxy) is 1. The summed E-state index contributed by atoms with van der Waals surface area (Å²) in [6.07, 6.45) is 4.24. The van der Waals surface area contributed by atoms with E-state index in [2.05, 4.69) is 10.6 Å². The summed E-state index contributed by atoms with van der Waals surface area (Å²) in [7, 11) is 0. The number of rotatable bonds is 3. The topological polar surface area (TPSA) is 50.4 Å². The third-order valence-corrected chi connectivity index (χ3v) is 4.72. The molecule has 0 bridgehead atoms. The summed E-state index contributed by atoms with van der Waals surface area (Å²) in [5.74, 6) is 2.52. The van der Waals surface area contributed by atoms with E-state index < -0.39 is 5.60 Å². The summed E-state index contributed by atoms with van der Waals surface area (Å²) < 4.78 is 5.29. The van der Waals surface area contributed by atoms with Gasteiger partial charge in [-0.05, 0) is 52.2 Å². The van der Waals surface area contributed by atoms with E-state index in [0.29, 0.717) is 12.1 Å². The molecule has 1 saturated carbocycles. The Balaban J connectivity index is 1.68. The monoisotopic (exact) mass is 286 g/mol. The van der Waals surface area contributed by atoms with Gasteiger partial charge in [-0.15, -0.1) is 0 Å². The minimum absolute atomic E-state index is 0.265. The van der Waals surface area contributed by atoms with Crippen LogP contribution < -0.4 is 10.6 Å². The Morgan fingerprint density at radius 1 is 1.16 bits per heavy atom. The van der Waals surface area contributed by atoms with Crippen LogP contribution in [-0.2, 0) is 4.74 Å². The Morgan fingerprint density at radius 3 is 2.53 bits per heavy atom. The molecule has 110 valence electrons. The molecule has 1 saturated heterocycles. The first-order valence-electron chi connectivity index (χ1n) is 7.26. The lowest BCUT2D eigenvalue weighted by Crippen LogP contribution is -2.40. The quantitative estimate of drug-likeness (QED) is 0.837. The van der Waals surface area contributed by atoms with E-state index in [9.17, 15) is 4.79 Å². The van der Waals surface area contributed by atoms with Crippen molar-refractivity contribution in [1.29, 1.82) is 0 Å². The molecule has 0 aromatic carbocycles. The van der Waals surface area contributed by atoms with Gasteiger partial charge in [0.25, 0.3) is 0 Å². The first kappa shape index (κ1) is 15.0. The molecule has 0 radical (unpaired) electrons. The fraction of sp³-hybridized carbons (Fsp3) is 0.929. The van der Waals surface area contributed by atoms with Crippen LogP contribution in [-0.4, -0.2) is 41.3 Å². The summed E-state index contributed by atoms with van der Waals surface area (Å²) in [5, 5.41) is 6.70. The molecule has 0 spiro atoms. The van der Waals surface area contributed by atoms with Crippen molar-refractivity contribution in [2.24, 2.45) is 0 Å². The van der Waals surface area contributed by atoms with Crippen LogP contribution in [0.5, 0.6) is 0 Å². The number of hydrogen-bond acceptors (Lipinski definition) is 4. The van der Waals surface area contributed by atoms with Crippen molar-refractivity contribution in [2.45, 2.75) is 70.2 Å². The number of hydrogen-bond donors (Lipinski definition) is 2. The summed E-state index contributed by atoms with van der Waals surface area (Å²) in [6.45, 7) is 5.68. The van der Waals surface area contributed by atoms with Gasteiger partial charge in [0.2, 0.25) is 0 Å². The molecule has 1 heterocycles.